The number of aromatic nitrogens is 4. The summed E-state index contributed by atoms with van der Waals surface area (Å²) >= 11 is 1.26. The summed E-state index contributed by atoms with van der Waals surface area (Å²) in [6.07, 6.45) is 0. The number of thioether (sulfide) groups is 1. The number of amides is 1. The van der Waals surface area contributed by atoms with Crippen LogP contribution in [0, 0.1) is 13.8 Å². The van der Waals surface area contributed by atoms with Crippen molar-refractivity contribution in [2.45, 2.75) is 19.0 Å². The Morgan fingerprint density at radius 1 is 1.11 bits per heavy atom. The topological polar surface area (TPSA) is 91.2 Å². The number of carbonyl (C=O) groups excluding carboxylic acids is 1. The fraction of sp³-hybridized carbons (Fsp3) is 0.263. The van der Waals surface area contributed by atoms with Gasteiger partial charge in [0.15, 0.2) is 11.5 Å². The second-order valence-corrected chi connectivity index (χ2v) is 7.36. The van der Waals surface area contributed by atoms with Gasteiger partial charge < -0.3 is 14.8 Å². The smallest absolute Gasteiger partial charge is 0.234 e. The molecule has 1 N–H and O–H groups in total. The molecule has 1 amide bonds. The Hall–Kier alpha value is -3.07. The maximum absolute atomic E-state index is 12.3. The lowest BCUT2D eigenvalue weighted by Gasteiger charge is -2.18. The van der Waals surface area contributed by atoms with E-state index < -0.39 is 0 Å². The number of carbonyl (C=O) groups is 1. The average molecular weight is 397 g/mol. The molecule has 0 unspecified atom stereocenters. The van der Waals surface area contributed by atoms with Gasteiger partial charge in [-0.15, -0.1) is 5.10 Å². The van der Waals surface area contributed by atoms with E-state index in [1.807, 2.05) is 44.2 Å². The van der Waals surface area contributed by atoms with Crippen molar-refractivity contribution in [3.8, 4) is 17.2 Å². The van der Waals surface area contributed by atoms with Crippen molar-refractivity contribution in [1.29, 1.82) is 0 Å². The minimum atomic E-state index is -0.119. The van der Waals surface area contributed by atoms with Gasteiger partial charge in [0, 0.05) is 11.8 Å². The maximum Gasteiger partial charge on any atom is 0.234 e. The number of ether oxygens (including phenoxy) is 2. The highest BCUT2D eigenvalue weighted by molar-refractivity contribution is 7.99. The Morgan fingerprint density at radius 3 is 2.64 bits per heavy atom. The number of fused-ring (bicyclic) bond motifs is 1. The predicted octanol–water partition coefficient (Wildman–Crippen LogP) is 2.78. The van der Waals surface area contributed by atoms with Crippen molar-refractivity contribution in [3.05, 3.63) is 47.5 Å². The van der Waals surface area contributed by atoms with E-state index in [0.29, 0.717) is 29.9 Å². The molecule has 0 aliphatic carbocycles. The summed E-state index contributed by atoms with van der Waals surface area (Å²) in [4.78, 5) is 12.3. The van der Waals surface area contributed by atoms with Crippen LogP contribution in [0.3, 0.4) is 0 Å². The second-order valence-electron chi connectivity index (χ2n) is 6.41. The highest BCUT2D eigenvalue weighted by Crippen LogP contribution is 2.32. The number of nitrogens with one attached hydrogen (secondary N) is 1. The van der Waals surface area contributed by atoms with E-state index in [-0.39, 0.29) is 11.7 Å². The SMILES string of the molecule is Cc1cc(C)cc(NC(=O)CSc2nnnn2-c2ccc3c(c2)OCCO3)c1. The lowest BCUT2D eigenvalue weighted by molar-refractivity contribution is -0.113. The van der Waals surface area contributed by atoms with E-state index in [0.717, 1.165) is 22.5 Å². The summed E-state index contributed by atoms with van der Waals surface area (Å²) in [6, 6.07) is 11.4. The van der Waals surface area contributed by atoms with E-state index in [1.165, 1.54) is 11.8 Å². The van der Waals surface area contributed by atoms with Crippen LogP contribution in [0.4, 0.5) is 5.69 Å². The van der Waals surface area contributed by atoms with Crippen LogP contribution in [0.25, 0.3) is 5.69 Å². The molecule has 0 saturated carbocycles. The Kier molecular flexibility index (Phi) is 5.16. The Morgan fingerprint density at radius 2 is 1.86 bits per heavy atom. The first-order valence-electron chi connectivity index (χ1n) is 8.78. The maximum atomic E-state index is 12.3. The zero-order valence-corrected chi connectivity index (χ0v) is 16.3. The van der Waals surface area contributed by atoms with Gasteiger partial charge in [-0.3, -0.25) is 4.79 Å². The van der Waals surface area contributed by atoms with Gasteiger partial charge >= 0.3 is 0 Å². The molecule has 0 fully saturated rings. The first kappa shape index (κ1) is 18.3. The molecule has 9 heteroatoms. The normalized spacial score (nSPS) is 12.6. The molecule has 0 radical (unpaired) electrons. The van der Waals surface area contributed by atoms with Crippen molar-refractivity contribution in [2.75, 3.05) is 24.3 Å². The molecular weight excluding hydrogens is 378 g/mol. The summed E-state index contributed by atoms with van der Waals surface area (Å²) in [5, 5.41) is 15.2. The summed E-state index contributed by atoms with van der Waals surface area (Å²) in [7, 11) is 0. The van der Waals surface area contributed by atoms with Crippen molar-refractivity contribution < 1.29 is 14.3 Å². The fourth-order valence-corrected chi connectivity index (χ4v) is 3.66. The molecule has 2 heterocycles. The molecule has 8 nitrogen and oxygen atoms in total. The average Bonchev–Trinajstić information content (AvgIpc) is 3.14. The molecule has 3 aromatic rings. The van der Waals surface area contributed by atoms with Crippen LogP contribution >= 0.6 is 11.8 Å². The molecule has 1 aliphatic rings. The van der Waals surface area contributed by atoms with Crippen molar-refractivity contribution in [2.24, 2.45) is 0 Å². The molecule has 2 aromatic carbocycles. The minimum Gasteiger partial charge on any atom is -0.486 e. The van der Waals surface area contributed by atoms with Crippen LogP contribution in [0.1, 0.15) is 11.1 Å². The summed E-state index contributed by atoms with van der Waals surface area (Å²) in [5.41, 5.74) is 3.73. The molecule has 144 valence electrons. The van der Waals surface area contributed by atoms with Gasteiger partial charge in [-0.1, -0.05) is 17.8 Å². The van der Waals surface area contributed by atoms with Crippen molar-refractivity contribution >= 4 is 23.4 Å². The molecule has 1 aromatic heterocycles. The number of benzene rings is 2. The standard InChI is InChI=1S/C19H19N5O3S/c1-12-7-13(2)9-14(8-12)20-18(25)11-28-19-21-22-23-24(19)15-3-4-16-17(10-15)27-6-5-26-16/h3-4,7-10H,5-6,11H2,1-2H3,(H,20,25). The lowest BCUT2D eigenvalue weighted by Crippen LogP contribution is -2.16. The third kappa shape index (κ3) is 4.09. The molecule has 28 heavy (non-hydrogen) atoms. The highest BCUT2D eigenvalue weighted by atomic mass is 32.2. The predicted molar refractivity (Wildman–Crippen MR) is 105 cm³/mol. The van der Waals surface area contributed by atoms with Crippen LogP contribution < -0.4 is 14.8 Å². The molecule has 0 bridgehead atoms. The van der Waals surface area contributed by atoms with E-state index in [4.69, 9.17) is 9.47 Å². The first-order valence-corrected chi connectivity index (χ1v) is 9.76. The molecule has 4 rings (SSSR count). The molecule has 0 saturated heterocycles. The van der Waals surface area contributed by atoms with Crippen LogP contribution in [-0.2, 0) is 4.79 Å². The second kappa shape index (κ2) is 7.89. The van der Waals surface area contributed by atoms with Gasteiger partial charge in [-0.25, -0.2) is 0 Å². The number of hydrogen-bond donors (Lipinski definition) is 1. The van der Waals surface area contributed by atoms with Crippen molar-refractivity contribution in [3.63, 3.8) is 0 Å². The van der Waals surface area contributed by atoms with E-state index >= 15 is 0 Å². The summed E-state index contributed by atoms with van der Waals surface area (Å²) < 4.78 is 12.7. The number of aryl methyl sites for hydroxylation is 2. The van der Waals surface area contributed by atoms with Gasteiger partial charge in [-0.2, -0.15) is 4.68 Å². The molecule has 0 atom stereocenters. The Labute approximate surface area is 166 Å². The van der Waals surface area contributed by atoms with Gasteiger partial charge in [-0.05, 0) is 59.7 Å². The minimum absolute atomic E-state index is 0.119. The molecule has 1 aliphatic heterocycles. The lowest BCUT2D eigenvalue weighted by atomic mass is 10.1. The first-order chi connectivity index (χ1) is 13.6. The number of nitrogens with zero attached hydrogens (tertiary/aromatic N) is 4. The largest absolute Gasteiger partial charge is 0.486 e. The van der Waals surface area contributed by atoms with E-state index in [1.54, 1.807) is 4.68 Å². The Balaban J connectivity index is 1.44. The van der Waals surface area contributed by atoms with Crippen LogP contribution in [0.15, 0.2) is 41.6 Å². The third-order valence-electron chi connectivity index (χ3n) is 4.05. The Bertz CT molecular complexity index is 1000. The number of rotatable bonds is 5. The number of tetrazole rings is 1. The quantitative estimate of drug-likeness (QED) is 0.662. The summed E-state index contributed by atoms with van der Waals surface area (Å²) in [5.74, 6) is 1.43. The van der Waals surface area contributed by atoms with Gasteiger partial charge in [0.05, 0.1) is 11.4 Å². The number of hydrogen-bond acceptors (Lipinski definition) is 7. The highest BCUT2D eigenvalue weighted by Gasteiger charge is 2.16. The van der Waals surface area contributed by atoms with Gasteiger partial charge in [0.1, 0.15) is 13.2 Å². The fourth-order valence-electron chi connectivity index (χ4n) is 2.97. The van der Waals surface area contributed by atoms with Crippen LogP contribution in [0.5, 0.6) is 11.5 Å². The molecular formula is C19H19N5O3S. The van der Waals surface area contributed by atoms with Gasteiger partial charge in [0.2, 0.25) is 11.1 Å². The van der Waals surface area contributed by atoms with Crippen LogP contribution in [0.2, 0.25) is 0 Å². The van der Waals surface area contributed by atoms with Crippen LogP contribution in [-0.4, -0.2) is 45.1 Å². The van der Waals surface area contributed by atoms with Crippen molar-refractivity contribution in [1.82, 2.24) is 20.2 Å². The third-order valence-corrected chi connectivity index (χ3v) is 4.97. The zero-order valence-electron chi connectivity index (χ0n) is 15.5. The van der Waals surface area contributed by atoms with Gasteiger partial charge in [0.25, 0.3) is 0 Å². The van der Waals surface area contributed by atoms with E-state index in [2.05, 4.69) is 26.9 Å². The summed E-state index contributed by atoms with van der Waals surface area (Å²) in [6.45, 7) is 5.04. The monoisotopic (exact) mass is 397 g/mol. The molecule has 0 spiro atoms. The number of anilines is 1. The zero-order chi connectivity index (χ0) is 19.5. The van der Waals surface area contributed by atoms with E-state index in [9.17, 15) is 4.79 Å².